The van der Waals surface area contributed by atoms with Gasteiger partial charge in [-0.3, -0.25) is 9.10 Å². The number of nitrogens with zero attached hydrogens (tertiary/aromatic N) is 2. The molecule has 0 aliphatic heterocycles. The molecule has 0 aliphatic carbocycles. The lowest BCUT2D eigenvalue weighted by Crippen LogP contribution is -2.40. The van der Waals surface area contributed by atoms with E-state index in [0.29, 0.717) is 17.2 Å². The van der Waals surface area contributed by atoms with Crippen molar-refractivity contribution in [2.75, 3.05) is 10.8 Å². The molecule has 0 bridgehead atoms. The number of furan rings is 1. The summed E-state index contributed by atoms with van der Waals surface area (Å²) >= 11 is 3.34. The molecule has 2 aromatic carbocycles. The van der Waals surface area contributed by atoms with E-state index in [1.807, 2.05) is 26.8 Å². The van der Waals surface area contributed by atoms with E-state index in [-0.39, 0.29) is 4.90 Å². The molecular formula is C23H24BrN3O4S. The van der Waals surface area contributed by atoms with Crippen molar-refractivity contribution in [3.05, 3.63) is 81.2 Å². The predicted molar refractivity (Wildman–Crippen MR) is 129 cm³/mol. The fourth-order valence-electron chi connectivity index (χ4n) is 3.02. The first-order valence-corrected chi connectivity index (χ1v) is 12.1. The van der Waals surface area contributed by atoms with Crippen LogP contribution >= 0.6 is 15.9 Å². The molecule has 9 heteroatoms. The topological polar surface area (TPSA) is 92.0 Å². The molecule has 3 aromatic rings. The first-order valence-electron chi connectivity index (χ1n) is 9.83. The van der Waals surface area contributed by atoms with Crippen LogP contribution in [0.2, 0.25) is 0 Å². The van der Waals surface area contributed by atoms with Gasteiger partial charge in [-0.05, 0) is 73.0 Å². The van der Waals surface area contributed by atoms with Crippen molar-refractivity contribution in [3.8, 4) is 0 Å². The molecule has 0 spiro atoms. The van der Waals surface area contributed by atoms with Crippen molar-refractivity contribution in [1.82, 2.24) is 5.43 Å². The maximum absolute atomic E-state index is 13.5. The number of aryl methyl sites for hydroxylation is 3. The summed E-state index contributed by atoms with van der Waals surface area (Å²) in [4.78, 5) is 12.8. The molecule has 0 saturated carbocycles. The van der Waals surface area contributed by atoms with Crippen molar-refractivity contribution in [2.45, 2.75) is 32.6 Å². The van der Waals surface area contributed by atoms with Crippen molar-refractivity contribution in [3.63, 3.8) is 0 Å². The first kappa shape index (κ1) is 23.7. The molecular weight excluding hydrogens is 494 g/mol. The third-order valence-corrected chi connectivity index (χ3v) is 7.56. The van der Waals surface area contributed by atoms with Crippen molar-refractivity contribution < 1.29 is 17.6 Å². The fourth-order valence-corrected chi connectivity index (χ4v) is 4.81. The lowest BCUT2D eigenvalue weighted by Gasteiger charge is -2.26. The Hall–Kier alpha value is -2.91. The molecule has 1 amide bonds. The van der Waals surface area contributed by atoms with Gasteiger partial charge in [-0.1, -0.05) is 29.8 Å². The number of hydrogen-bond donors (Lipinski definition) is 1. The van der Waals surface area contributed by atoms with Crippen LogP contribution in [0.5, 0.6) is 0 Å². The Morgan fingerprint density at radius 2 is 1.81 bits per heavy atom. The number of amides is 1. The van der Waals surface area contributed by atoms with Gasteiger partial charge in [0.05, 0.1) is 21.3 Å². The summed E-state index contributed by atoms with van der Waals surface area (Å²) in [6.45, 7) is 6.96. The number of hydrazone groups is 1. The summed E-state index contributed by atoms with van der Waals surface area (Å²) in [6.07, 6.45) is 1.35. The minimum Gasteiger partial charge on any atom is -0.459 e. The molecule has 168 valence electrons. The van der Waals surface area contributed by atoms with Gasteiger partial charge >= 0.3 is 0 Å². The smallest absolute Gasteiger partial charge is 0.264 e. The molecule has 1 N–H and O–H groups in total. The van der Waals surface area contributed by atoms with Gasteiger partial charge in [0.15, 0.2) is 0 Å². The Bertz CT molecular complexity index is 1250. The summed E-state index contributed by atoms with van der Waals surface area (Å²) in [6, 6.07) is 13.6. The Labute approximate surface area is 196 Å². The van der Waals surface area contributed by atoms with Crippen LogP contribution in [0, 0.1) is 27.7 Å². The number of nitrogens with one attached hydrogen (secondary N) is 1. The van der Waals surface area contributed by atoms with E-state index in [9.17, 15) is 13.2 Å². The van der Waals surface area contributed by atoms with Crippen LogP contribution in [0.25, 0.3) is 0 Å². The molecule has 0 radical (unpaired) electrons. The van der Waals surface area contributed by atoms with Crippen molar-refractivity contribution >= 4 is 43.8 Å². The van der Waals surface area contributed by atoms with E-state index in [1.165, 1.54) is 18.3 Å². The van der Waals surface area contributed by atoms with Gasteiger partial charge in [0.1, 0.15) is 18.1 Å². The highest BCUT2D eigenvalue weighted by molar-refractivity contribution is 9.10. The highest BCUT2D eigenvalue weighted by Crippen LogP contribution is 2.28. The maximum Gasteiger partial charge on any atom is 0.264 e. The Balaban J connectivity index is 1.89. The Morgan fingerprint density at radius 3 is 2.44 bits per heavy atom. The second kappa shape index (κ2) is 9.70. The van der Waals surface area contributed by atoms with Gasteiger partial charge in [0.25, 0.3) is 15.9 Å². The lowest BCUT2D eigenvalue weighted by atomic mass is 10.1. The second-order valence-corrected chi connectivity index (χ2v) is 10.1. The molecule has 0 saturated heterocycles. The van der Waals surface area contributed by atoms with Crippen LogP contribution < -0.4 is 9.73 Å². The van der Waals surface area contributed by atoms with E-state index in [1.54, 1.807) is 37.3 Å². The average molecular weight is 518 g/mol. The molecule has 7 nitrogen and oxygen atoms in total. The van der Waals surface area contributed by atoms with Gasteiger partial charge in [0, 0.05) is 6.07 Å². The number of benzene rings is 2. The van der Waals surface area contributed by atoms with Gasteiger partial charge in [0.2, 0.25) is 0 Å². The average Bonchev–Trinajstić information content (AvgIpc) is 3.06. The van der Waals surface area contributed by atoms with Crippen molar-refractivity contribution in [2.24, 2.45) is 5.10 Å². The molecule has 0 atom stereocenters. The zero-order valence-electron chi connectivity index (χ0n) is 18.2. The minimum atomic E-state index is -3.99. The summed E-state index contributed by atoms with van der Waals surface area (Å²) in [5, 5.41) is 3.89. The fraction of sp³-hybridized carbons (Fsp3) is 0.217. The number of rotatable bonds is 7. The highest BCUT2D eigenvalue weighted by atomic mass is 79.9. The van der Waals surface area contributed by atoms with Crippen LogP contribution in [0.1, 0.15) is 28.2 Å². The van der Waals surface area contributed by atoms with E-state index in [4.69, 9.17) is 4.42 Å². The van der Waals surface area contributed by atoms with Gasteiger partial charge in [-0.15, -0.1) is 0 Å². The lowest BCUT2D eigenvalue weighted by molar-refractivity contribution is -0.119. The number of anilines is 1. The summed E-state index contributed by atoms with van der Waals surface area (Å²) in [7, 11) is -3.99. The number of carbonyl (C=O) groups excluding carboxylic acids is 1. The van der Waals surface area contributed by atoms with Crippen LogP contribution in [0.4, 0.5) is 5.69 Å². The van der Waals surface area contributed by atoms with Gasteiger partial charge in [-0.2, -0.15) is 5.10 Å². The molecule has 3 rings (SSSR count). The molecule has 0 aliphatic rings. The second-order valence-electron chi connectivity index (χ2n) is 7.39. The minimum absolute atomic E-state index is 0.108. The summed E-state index contributed by atoms with van der Waals surface area (Å²) in [5.74, 6) is 0.552. The van der Waals surface area contributed by atoms with Crippen LogP contribution in [-0.4, -0.2) is 27.1 Å². The van der Waals surface area contributed by atoms with Gasteiger partial charge < -0.3 is 4.42 Å². The SMILES string of the molecule is Cc1ccc(S(=O)(=O)N(CC(=O)N/N=C\c2cc(Br)c(C)o2)c2cccc(C)c2C)cc1. The summed E-state index contributed by atoms with van der Waals surface area (Å²) < 4.78 is 34.3. The molecule has 0 unspecified atom stereocenters. The van der Waals surface area contributed by atoms with Crippen LogP contribution in [-0.2, 0) is 14.8 Å². The van der Waals surface area contributed by atoms with E-state index >= 15 is 0 Å². The zero-order chi connectivity index (χ0) is 23.5. The van der Waals surface area contributed by atoms with Gasteiger partial charge in [-0.25, -0.2) is 13.8 Å². The predicted octanol–water partition coefficient (Wildman–Crippen LogP) is 4.62. The third-order valence-electron chi connectivity index (χ3n) is 5.00. The molecule has 1 aromatic heterocycles. The van der Waals surface area contributed by atoms with Crippen LogP contribution in [0.3, 0.4) is 0 Å². The van der Waals surface area contributed by atoms with E-state index in [0.717, 1.165) is 25.5 Å². The quantitative estimate of drug-likeness (QED) is 0.365. The number of carbonyl (C=O) groups is 1. The number of hydrogen-bond acceptors (Lipinski definition) is 5. The first-order chi connectivity index (χ1) is 15.1. The zero-order valence-corrected chi connectivity index (χ0v) is 20.6. The Kier molecular flexibility index (Phi) is 7.20. The standard InChI is InChI=1S/C23H24BrN3O4S/c1-15-8-10-20(11-9-15)32(29,30)27(22-7-5-6-16(2)17(22)3)14-23(28)26-25-13-19-12-21(24)18(4)31-19/h5-13H,14H2,1-4H3,(H,26,28)/b25-13-. The molecule has 1 heterocycles. The normalized spacial score (nSPS) is 11.7. The van der Waals surface area contributed by atoms with E-state index in [2.05, 4.69) is 26.5 Å². The summed E-state index contributed by atoms with van der Waals surface area (Å²) in [5.41, 5.74) is 5.45. The van der Waals surface area contributed by atoms with E-state index < -0.39 is 22.5 Å². The third kappa shape index (κ3) is 5.28. The molecule has 0 fully saturated rings. The monoisotopic (exact) mass is 517 g/mol. The number of halogens is 1. The van der Waals surface area contributed by atoms with Crippen LogP contribution in [0.15, 0.2) is 67.4 Å². The maximum atomic E-state index is 13.5. The highest BCUT2D eigenvalue weighted by Gasteiger charge is 2.28. The number of sulfonamides is 1. The van der Waals surface area contributed by atoms with Crippen molar-refractivity contribution in [1.29, 1.82) is 0 Å². The Morgan fingerprint density at radius 1 is 1.12 bits per heavy atom. The molecule has 32 heavy (non-hydrogen) atoms. The largest absolute Gasteiger partial charge is 0.459 e.